The van der Waals surface area contributed by atoms with Gasteiger partial charge in [0.1, 0.15) is 11.8 Å². The van der Waals surface area contributed by atoms with Gasteiger partial charge in [-0.3, -0.25) is 4.79 Å². The molecule has 0 unspecified atom stereocenters. The second-order valence-corrected chi connectivity index (χ2v) is 10.1. The fourth-order valence-electron chi connectivity index (χ4n) is 4.74. The summed E-state index contributed by atoms with van der Waals surface area (Å²) in [5.41, 5.74) is 3.40. The Bertz CT molecular complexity index is 1060. The number of amides is 1. The standard InChI is InChI=1S/C23H28N2O4S/c1-15-13-16(2)22(17(3)14-15)30(27,28)25-11-6-8-20(25)23(26)24-19-10-12-29-21-9-5-4-7-18(19)21/h4-5,7,9,13-14,19-20H,6,8,10-12H2,1-3H3,(H,24,26)/t19-,20+/m1/s1. The average Bonchev–Trinajstić information content (AvgIpc) is 3.18. The molecule has 0 aliphatic carbocycles. The molecule has 1 amide bonds. The second kappa shape index (κ2) is 8.04. The monoisotopic (exact) mass is 428 g/mol. The number of sulfonamides is 1. The van der Waals surface area contributed by atoms with E-state index < -0.39 is 16.1 Å². The summed E-state index contributed by atoms with van der Waals surface area (Å²) >= 11 is 0. The molecule has 0 aromatic heterocycles. The summed E-state index contributed by atoms with van der Waals surface area (Å²) in [7, 11) is -3.76. The number of rotatable bonds is 4. The summed E-state index contributed by atoms with van der Waals surface area (Å²) in [5, 5.41) is 3.08. The molecule has 160 valence electrons. The topological polar surface area (TPSA) is 75.7 Å². The van der Waals surface area contributed by atoms with Crippen LogP contribution in [0.3, 0.4) is 0 Å². The first-order chi connectivity index (χ1) is 14.3. The van der Waals surface area contributed by atoms with E-state index in [0.29, 0.717) is 37.3 Å². The van der Waals surface area contributed by atoms with Crippen molar-refractivity contribution in [3.63, 3.8) is 0 Å². The van der Waals surface area contributed by atoms with Crippen LogP contribution in [0.25, 0.3) is 0 Å². The average molecular weight is 429 g/mol. The smallest absolute Gasteiger partial charge is 0.244 e. The minimum atomic E-state index is -3.76. The molecule has 0 saturated carbocycles. The number of ether oxygens (including phenoxy) is 1. The van der Waals surface area contributed by atoms with Crippen LogP contribution in [0.4, 0.5) is 0 Å². The second-order valence-electron chi connectivity index (χ2n) is 8.24. The normalized spacial score (nSPS) is 21.7. The first kappa shape index (κ1) is 20.9. The van der Waals surface area contributed by atoms with Crippen LogP contribution in [0.1, 0.15) is 47.6 Å². The summed E-state index contributed by atoms with van der Waals surface area (Å²) in [5.74, 6) is 0.538. The molecule has 7 heteroatoms. The highest BCUT2D eigenvalue weighted by Gasteiger charge is 2.41. The summed E-state index contributed by atoms with van der Waals surface area (Å²) < 4.78 is 34.1. The van der Waals surface area contributed by atoms with Crippen molar-refractivity contribution >= 4 is 15.9 Å². The highest BCUT2D eigenvalue weighted by molar-refractivity contribution is 7.89. The molecule has 2 aliphatic heterocycles. The van der Waals surface area contributed by atoms with Crippen LogP contribution >= 0.6 is 0 Å². The van der Waals surface area contributed by atoms with Crippen LogP contribution in [0.5, 0.6) is 5.75 Å². The zero-order chi connectivity index (χ0) is 21.5. The first-order valence-corrected chi connectivity index (χ1v) is 11.8. The van der Waals surface area contributed by atoms with E-state index >= 15 is 0 Å². The van der Waals surface area contributed by atoms with Gasteiger partial charge in [-0.2, -0.15) is 4.31 Å². The molecule has 4 rings (SSSR count). The molecule has 2 aromatic carbocycles. The zero-order valence-electron chi connectivity index (χ0n) is 17.6. The van der Waals surface area contributed by atoms with Crippen molar-refractivity contribution in [3.05, 3.63) is 58.7 Å². The van der Waals surface area contributed by atoms with Crippen LogP contribution in [-0.4, -0.2) is 37.8 Å². The van der Waals surface area contributed by atoms with Gasteiger partial charge in [-0.1, -0.05) is 35.9 Å². The Morgan fingerprint density at radius 3 is 2.53 bits per heavy atom. The number of benzene rings is 2. The number of para-hydroxylation sites is 1. The number of nitrogens with one attached hydrogen (secondary N) is 1. The molecular weight excluding hydrogens is 400 g/mol. The Morgan fingerprint density at radius 2 is 1.80 bits per heavy atom. The molecule has 1 N–H and O–H groups in total. The van der Waals surface area contributed by atoms with Crippen LogP contribution in [-0.2, 0) is 14.8 Å². The molecule has 1 fully saturated rings. The van der Waals surface area contributed by atoms with Gasteiger partial charge in [-0.05, 0) is 50.8 Å². The zero-order valence-corrected chi connectivity index (χ0v) is 18.5. The number of carbonyl (C=O) groups excluding carboxylic acids is 1. The lowest BCUT2D eigenvalue weighted by atomic mass is 10.00. The number of hydrogen-bond acceptors (Lipinski definition) is 4. The number of carbonyl (C=O) groups is 1. The lowest BCUT2D eigenvalue weighted by Gasteiger charge is -2.30. The highest BCUT2D eigenvalue weighted by Crippen LogP contribution is 2.34. The molecule has 2 atom stereocenters. The van der Waals surface area contributed by atoms with E-state index in [2.05, 4.69) is 5.32 Å². The van der Waals surface area contributed by atoms with Gasteiger partial charge in [0.25, 0.3) is 0 Å². The maximum Gasteiger partial charge on any atom is 0.244 e. The Labute approximate surface area is 178 Å². The summed E-state index contributed by atoms with van der Waals surface area (Å²) in [6.45, 7) is 6.47. The third-order valence-electron chi connectivity index (χ3n) is 5.95. The minimum absolute atomic E-state index is 0.171. The summed E-state index contributed by atoms with van der Waals surface area (Å²) in [4.78, 5) is 13.5. The van der Waals surface area contributed by atoms with Crippen LogP contribution in [0.2, 0.25) is 0 Å². The van der Waals surface area contributed by atoms with Gasteiger partial charge < -0.3 is 10.1 Å². The van der Waals surface area contributed by atoms with Gasteiger partial charge in [-0.25, -0.2) is 8.42 Å². The third kappa shape index (κ3) is 3.72. The summed E-state index contributed by atoms with van der Waals surface area (Å²) in [6.07, 6.45) is 1.87. The molecule has 0 spiro atoms. The Morgan fingerprint density at radius 1 is 1.10 bits per heavy atom. The largest absolute Gasteiger partial charge is 0.493 e. The molecule has 2 aromatic rings. The van der Waals surface area contributed by atoms with Crippen LogP contribution in [0, 0.1) is 20.8 Å². The minimum Gasteiger partial charge on any atom is -0.493 e. The quantitative estimate of drug-likeness (QED) is 0.810. The van der Waals surface area contributed by atoms with Crippen molar-refractivity contribution in [2.45, 2.75) is 57.0 Å². The van der Waals surface area contributed by atoms with Gasteiger partial charge in [-0.15, -0.1) is 0 Å². The Hall–Kier alpha value is -2.38. The van der Waals surface area contributed by atoms with Crippen molar-refractivity contribution in [1.82, 2.24) is 9.62 Å². The number of fused-ring (bicyclic) bond motifs is 1. The number of aryl methyl sites for hydroxylation is 3. The van der Waals surface area contributed by atoms with Gasteiger partial charge >= 0.3 is 0 Å². The first-order valence-electron chi connectivity index (χ1n) is 10.4. The van der Waals surface area contributed by atoms with E-state index in [1.807, 2.05) is 57.2 Å². The fourth-order valence-corrected chi connectivity index (χ4v) is 6.81. The van der Waals surface area contributed by atoms with E-state index in [1.165, 1.54) is 4.31 Å². The molecular formula is C23H28N2O4S. The lowest BCUT2D eigenvalue weighted by molar-refractivity contribution is -0.125. The molecule has 0 bridgehead atoms. The van der Waals surface area contributed by atoms with Crippen LogP contribution in [0.15, 0.2) is 41.3 Å². The molecule has 2 heterocycles. The Balaban J connectivity index is 1.59. The summed E-state index contributed by atoms with van der Waals surface area (Å²) in [6, 6.07) is 10.6. The lowest BCUT2D eigenvalue weighted by Crippen LogP contribution is -2.47. The van der Waals surface area contributed by atoms with E-state index in [9.17, 15) is 13.2 Å². The highest BCUT2D eigenvalue weighted by atomic mass is 32.2. The molecule has 6 nitrogen and oxygen atoms in total. The SMILES string of the molecule is Cc1cc(C)c(S(=O)(=O)N2CCC[C@H]2C(=O)N[C@@H]2CCOc3ccccc32)c(C)c1. The number of hydrogen-bond donors (Lipinski definition) is 1. The van der Waals surface area contributed by atoms with E-state index in [1.54, 1.807) is 0 Å². The van der Waals surface area contributed by atoms with E-state index in [-0.39, 0.29) is 11.9 Å². The van der Waals surface area contributed by atoms with Crippen LogP contribution < -0.4 is 10.1 Å². The molecule has 30 heavy (non-hydrogen) atoms. The van der Waals surface area contributed by atoms with Gasteiger partial charge in [0.15, 0.2) is 0 Å². The van der Waals surface area contributed by atoms with Gasteiger partial charge in [0.2, 0.25) is 15.9 Å². The predicted octanol–water partition coefficient (Wildman–Crippen LogP) is 3.40. The van der Waals surface area contributed by atoms with Crippen molar-refractivity contribution in [1.29, 1.82) is 0 Å². The van der Waals surface area contributed by atoms with Crippen molar-refractivity contribution in [2.75, 3.05) is 13.2 Å². The fraction of sp³-hybridized carbons (Fsp3) is 0.435. The maximum absolute atomic E-state index is 13.5. The maximum atomic E-state index is 13.5. The molecule has 2 aliphatic rings. The number of nitrogens with zero attached hydrogens (tertiary/aromatic N) is 1. The molecule has 1 saturated heterocycles. The van der Waals surface area contributed by atoms with Crippen molar-refractivity contribution in [2.24, 2.45) is 0 Å². The third-order valence-corrected chi connectivity index (χ3v) is 8.17. The predicted molar refractivity (Wildman–Crippen MR) is 115 cm³/mol. The van der Waals surface area contributed by atoms with Crippen molar-refractivity contribution in [3.8, 4) is 5.75 Å². The molecule has 0 radical (unpaired) electrons. The van der Waals surface area contributed by atoms with E-state index in [4.69, 9.17) is 4.74 Å². The van der Waals surface area contributed by atoms with Gasteiger partial charge in [0.05, 0.1) is 17.5 Å². The Kier molecular flexibility index (Phi) is 5.59. The van der Waals surface area contributed by atoms with Crippen molar-refractivity contribution < 1.29 is 17.9 Å². The van der Waals surface area contributed by atoms with E-state index in [0.717, 1.165) is 28.0 Å². The van der Waals surface area contributed by atoms with Gasteiger partial charge in [0, 0.05) is 18.5 Å².